The molecule has 2 fully saturated rings. The molecule has 0 radical (unpaired) electrons. The van der Waals surface area contributed by atoms with Crippen molar-refractivity contribution >= 4 is 17.7 Å². The molecule has 3 amide bonds. The predicted octanol–water partition coefficient (Wildman–Crippen LogP) is 3.79. The van der Waals surface area contributed by atoms with Crippen LogP contribution in [0, 0.1) is 6.92 Å². The van der Waals surface area contributed by atoms with Crippen molar-refractivity contribution < 1.29 is 23.9 Å². The van der Waals surface area contributed by atoms with Crippen LogP contribution in [0.15, 0.2) is 78.9 Å². The van der Waals surface area contributed by atoms with Crippen LogP contribution in [0.3, 0.4) is 0 Å². The van der Waals surface area contributed by atoms with E-state index in [0.717, 1.165) is 11.1 Å². The number of nitrogens with zero attached hydrogens (tertiary/aromatic N) is 2. The third kappa shape index (κ3) is 5.52. The number of amides is 3. The van der Waals surface area contributed by atoms with Crippen molar-refractivity contribution in [3.05, 3.63) is 101 Å². The zero-order chi connectivity index (χ0) is 27.4. The molecule has 2 aliphatic heterocycles. The number of piperidine rings is 1. The van der Waals surface area contributed by atoms with E-state index in [1.54, 1.807) is 53.3 Å². The summed E-state index contributed by atoms with van der Waals surface area (Å²) in [4.78, 5) is 43.9. The number of ether oxygens (including phenoxy) is 2. The van der Waals surface area contributed by atoms with Crippen LogP contribution in [0.1, 0.15) is 44.7 Å². The molecule has 2 heterocycles. The first-order valence-corrected chi connectivity index (χ1v) is 13.2. The molecule has 3 aromatic carbocycles. The van der Waals surface area contributed by atoms with E-state index in [1.807, 2.05) is 49.4 Å². The Balaban J connectivity index is 1.35. The lowest BCUT2D eigenvalue weighted by molar-refractivity contribution is -0.128. The fourth-order valence-corrected chi connectivity index (χ4v) is 5.30. The summed E-state index contributed by atoms with van der Waals surface area (Å²) in [5, 5.41) is 2.98. The van der Waals surface area contributed by atoms with Crippen molar-refractivity contribution in [1.29, 1.82) is 0 Å². The lowest BCUT2D eigenvalue weighted by Crippen LogP contribution is -2.59. The first-order chi connectivity index (χ1) is 18.9. The van der Waals surface area contributed by atoms with E-state index in [0.29, 0.717) is 49.4 Å². The van der Waals surface area contributed by atoms with Gasteiger partial charge in [-0.05, 0) is 42.8 Å². The van der Waals surface area contributed by atoms with Crippen LogP contribution < -0.4 is 10.1 Å². The molecule has 0 aliphatic carbocycles. The van der Waals surface area contributed by atoms with Gasteiger partial charge in [0.15, 0.2) is 0 Å². The molecule has 0 bridgehead atoms. The van der Waals surface area contributed by atoms with E-state index in [1.165, 1.54) is 0 Å². The largest absolute Gasteiger partial charge is 0.497 e. The summed E-state index contributed by atoms with van der Waals surface area (Å²) in [6.07, 6.45) is 0.811. The summed E-state index contributed by atoms with van der Waals surface area (Å²) in [5.74, 6) is 0.00834. The molecule has 1 atom stereocenters. The Kier molecular flexibility index (Phi) is 7.65. The van der Waals surface area contributed by atoms with Gasteiger partial charge in [-0.3, -0.25) is 19.3 Å². The maximum atomic E-state index is 13.9. The highest BCUT2D eigenvalue weighted by Crippen LogP contribution is 2.39. The van der Waals surface area contributed by atoms with E-state index in [4.69, 9.17) is 9.47 Å². The predicted molar refractivity (Wildman–Crippen MR) is 146 cm³/mol. The maximum Gasteiger partial charge on any atom is 0.256 e. The minimum Gasteiger partial charge on any atom is -0.497 e. The average molecular weight is 528 g/mol. The van der Waals surface area contributed by atoms with Gasteiger partial charge in [-0.25, -0.2) is 0 Å². The van der Waals surface area contributed by atoms with Gasteiger partial charge < -0.3 is 19.7 Å². The molecule has 3 aromatic rings. The summed E-state index contributed by atoms with van der Waals surface area (Å²) in [7, 11) is 1.57. The lowest BCUT2D eigenvalue weighted by atomic mass is 9.96. The minimum absolute atomic E-state index is 0.0993. The third-order valence-corrected chi connectivity index (χ3v) is 7.54. The number of benzene rings is 3. The molecule has 0 saturated carbocycles. The maximum absolute atomic E-state index is 13.9. The molecule has 202 valence electrons. The molecule has 2 saturated heterocycles. The van der Waals surface area contributed by atoms with Crippen molar-refractivity contribution in [3.63, 3.8) is 0 Å². The van der Waals surface area contributed by atoms with Gasteiger partial charge in [0.2, 0.25) is 5.91 Å². The average Bonchev–Trinajstić information content (AvgIpc) is 3.35. The fourth-order valence-electron chi connectivity index (χ4n) is 5.30. The molecule has 8 nitrogen and oxygen atoms in total. The second kappa shape index (κ2) is 11.3. The second-order valence-corrected chi connectivity index (χ2v) is 10.0. The number of carbonyl (C=O) groups excluding carboxylic acids is 3. The molecule has 2 aliphatic rings. The van der Waals surface area contributed by atoms with Gasteiger partial charge in [0.05, 0.1) is 13.7 Å². The first kappa shape index (κ1) is 26.4. The highest BCUT2D eigenvalue weighted by molar-refractivity contribution is 5.98. The van der Waals surface area contributed by atoms with Gasteiger partial charge in [0, 0.05) is 43.6 Å². The molecular formula is C31H33N3O5. The zero-order valence-electron chi connectivity index (χ0n) is 22.3. The van der Waals surface area contributed by atoms with Gasteiger partial charge >= 0.3 is 0 Å². The fraction of sp³-hybridized carbons (Fsp3) is 0.323. The van der Waals surface area contributed by atoms with Gasteiger partial charge in [-0.2, -0.15) is 0 Å². The Morgan fingerprint density at radius 3 is 2.33 bits per heavy atom. The Bertz CT molecular complexity index is 1330. The van der Waals surface area contributed by atoms with Crippen LogP contribution in [-0.4, -0.2) is 66.1 Å². The van der Waals surface area contributed by atoms with Crippen LogP contribution in [0.2, 0.25) is 0 Å². The highest BCUT2D eigenvalue weighted by Gasteiger charge is 2.54. The van der Waals surface area contributed by atoms with E-state index >= 15 is 0 Å². The van der Waals surface area contributed by atoms with Crippen molar-refractivity contribution in [2.24, 2.45) is 0 Å². The molecule has 5 rings (SSSR count). The summed E-state index contributed by atoms with van der Waals surface area (Å²) in [6, 6.07) is 23.3. The molecular weight excluding hydrogens is 494 g/mol. The number of hydrogen-bond acceptors (Lipinski definition) is 5. The Labute approximate surface area is 228 Å². The second-order valence-electron chi connectivity index (χ2n) is 10.0. The number of rotatable bonds is 6. The minimum atomic E-state index is -0.970. The lowest BCUT2D eigenvalue weighted by Gasteiger charge is -2.44. The molecule has 8 heteroatoms. The molecule has 1 spiro atoms. The number of carbonyl (C=O) groups is 3. The summed E-state index contributed by atoms with van der Waals surface area (Å²) in [5.41, 5.74) is 2.09. The Morgan fingerprint density at radius 2 is 1.64 bits per heavy atom. The molecule has 0 aromatic heterocycles. The van der Waals surface area contributed by atoms with Crippen LogP contribution in [-0.2, 0) is 16.1 Å². The topological polar surface area (TPSA) is 88.2 Å². The van der Waals surface area contributed by atoms with E-state index < -0.39 is 11.8 Å². The monoisotopic (exact) mass is 527 g/mol. The van der Waals surface area contributed by atoms with E-state index in [2.05, 4.69) is 5.32 Å². The summed E-state index contributed by atoms with van der Waals surface area (Å²) in [6.45, 7) is 3.21. The molecule has 1 N–H and O–H groups in total. The van der Waals surface area contributed by atoms with Crippen molar-refractivity contribution in [3.8, 4) is 5.75 Å². The third-order valence-electron chi connectivity index (χ3n) is 7.54. The van der Waals surface area contributed by atoms with Gasteiger partial charge in [-0.15, -0.1) is 0 Å². The first-order valence-electron chi connectivity index (χ1n) is 13.2. The van der Waals surface area contributed by atoms with Crippen molar-refractivity contribution in [2.75, 3.05) is 26.8 Å². The SMILES string of the molecule is COc1cccc(C(=O)N2CCC3(CC2)OC[C@H](C(=O)NCc2ccccc2)N3C(=O)c2ccc(C)cc2)c1. The number of likely N-dealkylation sites (tertiary alicyclic amines) is 1. The highest BCUT2D eigenvalue weighted by atomic mass is 16.5. The number of nitrogens with one attached hydrogen (secondary N) is 1. The summed E-state index contributed by atoms with van der Waals surface area (Å²) >= 11 is 0. The number of aryl methyl sites for hydroxylation is 1. The van der Waals surface area contributed by atoms with Crippen LogP contribution in [0.4, 0.5) is 0 Å². The van der Waals surface area contributed by atoms with Crippen LogP contribution >= 0.6 is 0 Å². The van der Waals surface area contributed by atoms with E-state index in [-0.39, 0.29) is 24.3 Å². The van der Waals surface area contributed by atoms with Gasteiger partial charge in [0.1, 0.15) is 17.5 Å². The Morgan fingerprint density at radius 1 is 0.923 bits per heavy atom. The van der Waals surface area contributed by atoms with Crippen molar-refractivity contribution in [1.82, 2.24) is 15.1 Å². The smallest absolute Gasteiger partial charge is 0.256 e. The van der Waals surface area contributed by atoms with Gasteiger partial charge in [0.25, 0.3) is 11.8 Å². The quantitative estimate of drug-likeness (QED) is 0.527. The number of methoxy groups -OCH3 is 1. The van der Waals surface area contributed by atoms with Crippen LogP contribution in [0.25, 0.3) is 0 Å². The molecule has 0 unspecified atom stereocenters. The number of hydrogen-bond donors (Lipinski definition) is 1. The zero-order valence-corrected chi connectivity index (χ0v) is 22.3. The van der Waals surface area contributed by atoms with Gasteiger partial charge in [-0.1, -0.05) is 54.1 Å². The Hall–Kier alpha value is -4.17. The standard InChI is InChI=1S/C31H33N3O5/c1-22-11-13-24(14-12-22)30(37)34-27(28(35)32-20-23-7-4-3-5-8-23)21-39-31(34)15-17-33(18-16-31)29(36)25-9-6-10-26(19-25)38-2/h3-14,19,27H,15-18,20-21H2,1-2H3,(H,32,35)/t27-/m1/s1. The van der Waals surface area contributed by atoms with Crippen molar-refractivity contribution in [2.45, 2.75) is 38.1 Å². The van der Waals surface area contributed by atoms with Crippen LogP contribution in [0.5, 0.6) is 5.75 Å². The van der Waals surface area contributed by atoms with E-state index in [9.17, 15) is 14.4 Å². The summed E-state index contributed by atoms with van der Waals surface area (Å²) < 4.78 is 11.6. The molecule has 39 heavy (non-hydrogen) atoms. The normalized spacial score (nSPS) is 18.2.